The van der Waals surface area contributed by atoms with Gasteiger partial charge in [-0.15, -0.1) is 0 Å². The average Bonchev–Trinajstić information content (AvgIpc) is 2.25. The van der Waals surface area contributed by atoms with Crippen LogP contribution in [0.5, 0.6) is 0 Å². The molecule has 1 heteroatoms. The molecule has 0 saturated heterocycles. The SMILES string of the molecule is Cc1cc(C)c([Te]c2c(C)cc(C)cc2C)c(C)c1. The van der Waals surface area contributed by atoms with Crippen molar-refractivity contribution in [1.29, 1.82) is 0 Å². The van der Waals surface area contributed by atoms with Gasteiger partial charge in [0.25, 0.3) is 0 Å². The Bertz CT molecular complexity index is 522. The first-order chi connectivity index (χ1) is 8.88. The van der Waals surface area contributed by atoms with Gasteiger partial charge in [-0.1, -0.05) is 0 Å². The molecular formula is C18H22Te. The Balaban J connectivity index is 2.48. The van der Waals surface area contributed by atoms with Crippen LogP contribution in [0.25, 0.3) is 0 Å². The monoisotopic (exact) mass is 368 g/mol. The van der Waals surface area contributed by atoms with Crippen molar-refractivity contribution >= 4 is 28.1 Å². The summed E-state index contributed by atoms with van der Waals surface area (Å²) < 4.78 is 3.23. The van der Waals surface area contributed by atoms with Crippen LogP contribution in [0.2, 0.25) is 0 Å². The first-order valence-electron chi connectivity index (χ1n) is 6.72. The third kappa shape index (κ3) is 3.22. The molecule has 0 radical (unpaired) electrons. The van der Waals surface area contributed by atoms with Crippen LogP contribution in [0.15, 0.2) is 24.3 Å². The molecule has 0 amide bonds. The summed E-state index contributed by atoms with van der Waals surface area (Å²) in [5.74, 6) is 0. The van der Waals surface area contributed by atoms with Crippen molar-refractivity contribution in [1.82, 2.24) is 0 Å². The predicted molar refractivity (Wildman–Crippen MR) is 86.3 cm³/mol. The van der Waals surface area contributed by atoms with Crippen molar-refractivity contribution < 1.29 is 0 Å². The van der Waals surface area contributed by atoms with Gasteiger partial charge in [0.05, 0.1) is 0 Å². The van der Waals surface area contributed by atoms with Crippen molar-refractivity contribution in [2.24, 2.45) is 0 Å². The molecule has 19 heavy (non-hydrogen) atoms. The molecule has 2 rings (SSSR count). The average molecular weight is 366 g/mol. The van der Waals surface area contributed by atoms with Gasteiger partial charge in [-0.05, 0) is 0 Å². The van der Waals surface area contributed by atoms with E-state index in [2.05, 4.69) is 65.8 Å². The Kier molecular flexibility index (Phi) is 4.39. The number of hydrogen-bond acceptors (Lipinski definition) is 0. The molecular weight excluding hydrogens is 344 g/mol. The Morgan fingerprint density at radius 1 is 0.526 bits per heavy atom. The summed E-state index contributed by atoms with van der Waals surface area (Å²) in [5.41, 5.74) is 8.64. The maximum atomic E-state index is 2.33. The van der Waals surface area contributed by atoms with Crippen LogP contribution in [-0.4, -0.2) is 20.9 Å². The molecule has 0 spiro atoms. The molecule has 0 aromatic heterocycles. The van der Waals surface area contributed by atoms with E-state index < -0.39 is 0 Å². The molecule has 2 aromatic carbocycles. The van der Waals surface area contributed by atoms with Crippen molar-refractivity contribution in [3.05, 3.63) is 57.6 Å². The molecule has 0 atom stereocenters. The summed E-state index contributed by atoms with van der Waals surface area (Å²) in [4.78, 5) is 0. The minimum absolute atomic E-state index is 0.290. The van der Waals surface area contributed by atoms with Gasteiger partial charge < -0.3 is 0 Å². The molecule has 2 aromatic rings. The summed E-state index contributed by atoms with van der Waals surface area (Å²) in [6.45, 7) is 13.4. The Morgan fingerprint density at radius 2 is 0.789 bits per heavy atom. The fourth-order valence-electron chi connectivity index (χ4n) is 2.76. The summed E-state index contributed by atoms with van der Waals surface area (Å²) in [6.07, 6.45) is 0. The molecule has 0 bridgehead atoms. The van der Waals surface area contributed by atoms with Gasteiger partial charge in [0, 0.05) is 0 Å². The van der Waals surface area contributed by atoms with E-state index in [1.807, 2.05) is 0 Å². The van der Waals surface area contributed by atoms with Crippen LogP contribution in [0, 0.1) is 41.5 Å². The summed E-state index contributed by atoms with van der Waals surface area (Å²) in [7, 11) is 0. The van der Waals surface area contributed by atoms with Crippen molar-refractivity contribution in [3.63, 3.8) is 0 Å². The van der Waals surface area contributed by atoms with E-state index in [4.69, 9.17) is 0 Å². The van der Waals surface area contributed by atoms with Crippen LogP contribution in [0.4, 0.5) is 0 Å². The molecule has 0 N–H and O–H groups in total. The minimum atomic E-state index is -0.290. The van der Waals surface area contributed by atoms with E-state index in [0.29, 0.717) is 0 Å². The van der Waals surface area contributed by atoms with E-state index in [9.17, 15) is 0 Å². The summed E-state index contributed by atoms with van der Waals surface area (Å²) in [5, 5.41) is 0. The number of hydrogen-bond donors (Lipinski definition) is 0. The Hall–Kier alpha value is -0.770. The third-order valence-electron chi connectivity index (χ3n) is 3.41. The third-order valence-corrected chi connectivity index (χ3v) is 8.25. The quantitative estimate of drug-likeness (QED) is 0.717. The summed E-state index contributed by atoms with van der Waals surface area (Å²) in [6, 6.07) is 9.30. The Morgan fingerprint density at radius 3 is 1.05 bits per heavy atom. The maximum absolute atomic E-state index is 2.33. The van der Waals surface area contributed by atoms with E-state index in [1.165, 1.54) is 33.4 Å². The van der Waals surface area contributed by atoms with Crippen molar-refractivity contribution in [2.75, 3.05) is 0 Å². The van der Waals surface area contributed by atoms with E-state index >= 15 is 0 Å². The van der Waals surface area contributed by atoms with E-state index in [1.54, 1.807) is 7.22 Å². The topological polar surface area (TPSA) is 0 Å². The number of rotatable bonds is 2. The normalized spacial score (nSPS) is 10.8. The zero-order valence-corrected chi connectivity index (χ0v) is 15.0. The molecule has 0 heterocycles. The molecule has 0 unspecified atom stereocenters. The van der Waals surface area contributed by atoms with Gasteiger partial charge >= 0.3 is 127 Å². The van der Waals surface area contributed by atoms with Crippen LogP contribution >= 0.6 is 0 Å². The molecule has 0 aliphatic carbocycles. The van der Waals surface area contributed by atoms with Gasteiger partial charge in [0.2, 0.25) is 0 Å². The second-order valence-electron chi connectivity index (χ2n) is 5.56. The zero-order valence-electron chi connectivity index (χ0n) is 12.7. The number of benzene rings is 2. The molecule has 0 fully saturated rings. The summed E-state index contributed by atoms with van der Waals surface area (Å²) >= 11 is -0.290. The van der Waals surface area contributed by atoms with Gasteiger partial charge in [0.1, 0.15) is 0 Å². The molecule has 0 aliphatic rings. The fourth-order valence-corrected chi connectivity index (χ4v) is 5.85. The van der Waals surface area contributed by atoms with E-state index in [0.717, 1.165) is 0 Å². The zero-order chi connectivity index (χ0) is 14.2. The second-order valence-corrected chi connectivity index (χ2v) is 8.47. The van der Waals surface area contributed by atoms with Crippen molar-refractivity contribution in [3.8, 4) is 0 Å². The van der Waals surface area contributed by atoms with Crippen LogP contribution < -0.4 is 7.22 Å². The molecule has 100 valence electrons. The fraction of sp³-hybridized carbons (Fsp3) is 0.333. The molecule has 0 saturated carbocycles. The van der Waals surface area contributed by atoms with Gasteiger partial charge in [-0.3, -0.25) is 0 Å². The van der Waals surface area contributed by atoms with Gasteiger partial charge in [-0.2, -0.15) is 0 Å². The second kappa shape index (κ2) is 5.69. The molecule has 0 nitrogen and oxygen atoms in total. The number of aryl methyl sites for hydroxylation is 6. The van der Waals surface area contributed by atoms with Crippen molar-refractivity contribution in [2.45, 2.75) is 41.5 Å². The predicted octanol–water partition coefficient (Wildman–Crippen LogP) is 3.19. The first-order valence-corrected chi connectivity index (χ1v) is 9.05. The first kappa shape index (κ1) is 14.6. The van der Waals surface area contributed by atoms with Crippen LogP contribution in [0.1, 0.15) is 33.4 Å². The van der Waals surface area contributed by atoms with Gasteiger partial charge in [-0.25, -0.2) is 0 Å². The van der Waals surface area contributed by atoms with E-state index in [-0.39, 0.29) is 20.9 Å². The molecule has 0 aliphatic heterocycles. The van der Waals surface area contributed by atoms with Gasteiger partial charge in [0.15, 0.2) is 0 Å². The standard InChI is InChI=1S/C18H22Te/c1-11-7-13(3)17(14(4)8-11)19-18-15(5)9-12(2)10-16(18)6/h7-10H,1-6H3. The Labute approximate surface area is 127 Å². The van der Waals surface area contributed by atoms with Crippen LogP contribution in [-0.2, 0) is 0 Å². The van der Waals surface area contributed by atoms with Crippen LogP contribution in [0.3, 0.4) is 0 Å².